The summed E-state index contributed by atoms with van der Waals surface area (Å²) in [6.45, 7) is 0. The number of aliphatic hydroxyl groups excluding tert-OH is 1. The number of nitrogens with zero attached hydrogens (tertiary/aromatic N) is 2. The van der Waals surface area contributed by atoms with Gasteiger partial charge in [0, 0.05) is 5.56 Å². The van der Waals surface area contributed by atoms with Crippen LogP contribution in [0.2, 0.25) is 0 Å². The van der Waals surface area contributed by atoms with Crippen LogP contribution in [-0.4, -0.2) is 46.6 Å². The van der Waals surface area contributed by atoms with E-state index in [0.717, 1.165) is 11.8 Å². The van der Waals surface area contributed by atoms with Crippen molar-refractivity contribution in [2.24, 2.45) is 0 Å². The second-order valence-corrected chi connectivity index (χ2v) is 8.02. The van der Waals surface area contributed by atoms with E-state index in [4.69, 9.17) is 4.42 Å². The van der Waals surface area contributed by atoms with Gasteiger partial charge >= 0.3 is 0 Å². The van der Waals surface area contributed by atoms with Gasteiger partial charge in [-0.2, -0.15) is 0 Å². The lowest BCUT2D eigenvalue weighted by atomic mass is 10.2. The molecule has 1 saturated heterocycles. The van der Waals surface area contributed by atoms with E-state index in [2.05, 4.69) is 10.2 Å². The van der Waals surface area contributed by atoms with Crippen LogP contribution in [-0.2, 0) is 9.84 Å². The van der Waals surface area contributed by atoms with Crippen LogP contribution in [0.1, 0.15) is 0 Å². The third-order valence-electron chi connectivity index (χ3n) is 3.02. The first-order chi connectivity index (χ1) is 9.93. The Morgan fingerprint density at radius 2 is 1.95 bits per heavy atom. The molecule has 0 amide bonds. The molecule has 112 valence electrons. The van der Waals surface area contributed by atoms with Gasteiger partial charge in [0.1, 0.15) is 5.82 Å². The van der Waals surface area contributed by atoms with Gasteiger partial charge in [0.2, 0.25) is 5.89 Å². The largest absolute Gasteiger partial charge is 0.411 e. The third kappa shape index (κ3) is 3.25. The summed E-state index contributed by atoms with van der Waals surface area (Å²) in [6, 6.07) is 5.57. The fraction of sp³-hybridized carbons (Fsp3) is 0.333. The topological polar surface area (TPSA) is 93.3 Å². The van der Waals surface area contributed by atoms with Crippen molar-refractivity contribution in [3.63, 3.8) is 0 Å². The molecule has 1 aromatic heterocycles. The zero-order chi connectivity index (χ0) is 15.0. The van der Waals surface area contributed by atoms with Gasteiger partial charge in [-0.05, 0) is 24.3 Å². The van der Waals surface area contributed by atoms with E-state index in [1.54, 1.807) is 0 Å². The summed E-state index contributed by atoms with van der Waals surface area (Å²) in [4.78, 5) is 0. The number of hydrogen-bond donors (Lipinski definition) is 1. The van der Waals surface area contributed by atoms with E-state index in [9.17, 15) is 17.9 Å². The molecular weight excluding hydrogens is 319 g/mol. The van der Waals surface area contributed by atoms with E-state index in [-0.39, 0.29) is 28.4 Å². The molecule has 0 saturated carbocycles. The Balaban J connectivity index is 1.75. The fourth-order valence-electron chi connectivity index (χ4n) is 2.01. The summed E-state index contributed by atoms with van der Waals surface area (Å²) in [5.74, 6) is -0.517. The van der Waals surface area contributed by atoms with Crippen molar-refractivity contribution >= 4 is 21.6 Å². The number of rotatable bonds is 3. The van der Waals surface area contributed by atoms with E-state index in [1.807, 2.05) is 0 Å². The predicted octanol–water partition coefficient (Wildman–Crippen LogP) is 1.13. The molecule has 2 aromatic rings. The first kappa shape index (κ1) is 14.5. The van der Waals surface area contributed by atoms with Crippen molar-refractivity contribution < 1.29 is 22.3 Å². The molecule has 3 rings (SSSR count). The molecule has 1 fully saturated rings. The second-order valence-electron chi connectivity index (χ2n) is 4.68. The summed E-state index contributed by atoms with van der Waals surface area (Å²) in [5.41, 5.74) is 0.565. The lowest BCUT2D eigenvalue weighted by Gasteiger charge is -2.07. The van der Waals surface area contributed by atoms with E-state index in [0.29, 0.717) is 5.56 Å². The first-order valence-electron chi connectivity index (χ1n) is 6.07. The van der Waals surface area contributed by atoms with Crippen LogP contribution in [0.15, 0.2) is 33.9 Å². The van der Waals surface area contributed by atoms with Crippen molar-refractivity contribution in [3.05, 3.63) is 30.1 Å². The van der Waals surface area contributed by atoms with Gasteiger partial charge in [-0.25, -0.2) is 12.8 Å². The van der Waals surface area contributed by atoms with Crippen LogP contribution in [0, 0.1) is 5.82 Å². The quantitative estimate of drug-likeness (QED) is 0.901. The number of benzene rings is 1. The average Bonchev–Trinajstić information content (AvgIpc) is 2.96. The predicted molar refractivity (Wildman–Crippen MR) is 74.0 cm³/mol. The van der Waals surface area contributed by atoms with Crippen LogP contribution in [0.25, 0.3) is 11.5 Å². The highest BCUT2D eigenvalue weighted by molar-refractivity contribution is 8.01. The van der Waals surface area contributed by atoms with Crippen LogP contribution in [0.5, 0.6) is 0 Å². The van der Waals surface area contributed by atoms with Gasteiger partial charge in [0.25, 0.3) is 5.22 Å². The van der Waals surface area contributed by atoms with Crippen LogP contribution >= 0.6 is 11.8 Å². The molecule has 0 spiro atoms. The molecule has 1 aliphatic rings. The maximum atomic E-state index is 12.8. The van der Waals surface area contributed by atoms with E-state index in [1.165, 1.54) is 24.3 Å². The Bertz CT molecular complexity index is 745. The SMILES string of the molecule is O=S1(=O)C[C@H](O)[C@H](Sc2nnc(-c3ccc(F)cc3)o2)C1. The standard InChI is InChI=1S/C12H11FN2O4S2/c13-8-3-1-7(2-4-8)11-14-15-12(19-11)20-10-6-21(17,18)5-9(10)16/h1-4,9-10,16H,5-6H2/t9-,10+/m0/s1. The number of thioether (sulfide) groups is 1. The number of sulfone groups is 1. The minimum Gasteiger partial charge on any atom is -0.411 e. The minimum atomic E-state index is -3.22. The third-order valence-corrected chi connectivity index (χ3v) is 6.10. The minimum absolute atomic E-state index is 0.118. The maximum absolute atomic E-state index is 12.8. The highest BCUT2D eigenvalue weighted by atomic mass is 32.2. The van der Waals surface area contributed by atoms with Crippen molar-refractivity contribution in [1.29, 1.82) is 0 Å². The van der Waals surface area contributed by atoms with E-state index >= 15 is 0 Å². The molecule has 0 unspecified atom stereocenters. The van der Waals surface area contributed by atoms with Crippen molar-refractivity contribution in [3.8, 4) is 11.5 Å². The zero-order valence-corrected chi connectivity index (χ0v) is 12.3. The Kier molecular flexibility index (Phi) is 3.72. The van der Waals surface area contributed by atoms with Gasteiger partial charge < -0.3 is 9.52 Å². The van der Waals surface area contributed by atoms with Crippen molar-refractivity contribution in [1.82, 2.24) is 10.2 Å². The number of aromatic nitrogens is 2. The normalized spacial score (nSPS) is 24.3. The Hall–Kier alpha value is -1.45. The van der Waals surface area contributed by atoms with Crippen LogP contribution in [0.3, 0.4) is 0 Å². The zero-order valence-electron chi connectivity index (χ0n) is 10.6. The highest BCUT2D eigenvalue weighted by Gasteiger charge is 2.38. The fourth-order valence-corrected chi connectivity index (χ4v) is 5.36. The molecule has 2 heterocycles. The molecule has 0 aliphatic carbocycles. The molecule has 9 heteroatoms. The summed E-state index contributed by atoms with van der Waals surface area (Å²) in [7, 11) is -3.22. The Labute approximate surface area is 124 Å². The van der Waals surface area contributed by atoms with Gasteiger partial charge in [0.05, 0.1) is 22.9 Å². The van der Waals surface area contributed by atoms with Gasteiger partial charge in [0.15, 0.2) is 9.84 Å². The number of aliphatic hydroxyl groups is 1. The number of hydrogen-bond acceptors (Lipinski definition) is 7. The molecule has 21 heavy (non-hydrogen) atoms. The smallest absolute Gasteiger partial charge is 0.277 e. The summed E-state index contributed by atoms with van der Waals surface area (Å²) in [6.07, 6.45) is -0.943. The number of halogens is 1. The first-order valence-corrected chi connectivity index (χ1v) is 8.78. The molecule has 1 N–H and O–H groups in total. The lowest BCUT2D eigenvalue weighted by molar-refractivity contribution is 0.207. The van der Waals surface area contributed by atoms with Crippen LogP contribution in [0.4, 0.5) is 4.39 Å². The lowest BCUT2D eigenvalue weighted by Crippen LogP contribution is -2.19. The second kappa shape index (κ2) is 5.39. The molecule has 1 aromatic carbocycles. The Morgan fingerprint density at radius 3 is 2.57 bits per heavy atom. The monoisotopic (exact) mass is 330 g/mol. The highest BCUT2D eigenvalue weighted by Crippen LogP contribution is 2.32. The van der Waals surface area contributed by atoms with E-state index < -0.39 is 21.2 Å². The van der Waals surface area contributed by atoms with Gasteiger partial charge in [-0.15, -0.1) is 10.2 Å². The molecule has 0 bridgehead atoms. The average molecular weight is 330 g/mol. The van der Waals surface area contributed by atoms with Crippen molar-refractivity contribution in [2.75, 3.05) is 11.5 Å². The van der Waals surface area contributed by atoms with Crippen LogP contribution < -0.4 is 0 Å². The Morgan fingerprint density at radius 1 is 1.24 bits per heavy atom. The maximum Gasteiger partial charge on any atom is 0.277 e. The molecule has 6 nitrogen and oxygen atoms in total. The van der Waals surface area contributed by atoms with Gasteiger partial charge in [-0.3, -0.25) is 0 Å². The van der Waals surface area contributed by atoms with Crippen molar-refractivity contribution in [2.45, 2.75) is 16.6 Å². The molecule has 2 atom stereocenters. The summed E-state index contributed by atoms with van der Waals surface area (Å²) in [5, 5.41) is 17.0. The summed E-state index contributed by atoms with van der Waals surface area (Å²) >= 11 is 1.04. The molecule has 0 radical (unpaired) electrons. The summed E-state index contributed by atoms with van der Waals surface area (Å²) < 4.78 is 41.1. The molecular formula is C12H11FN2O4S2. The van der Waals surface area contributed by atoms with Gasteiger partial charge in [-0.1, -0.05) is 11.8 Å². The molecule has 1 aliphatic heterocycles.